The van der Waals surface area contributed by atoms with Crippen LogP contribution < -0.4 is 4.72 Å². The molecule has 0 amide bonds. The van der Waals surface area contributed by atoms with E-state index in [9.17, 15) is 8.42 Å². The van der Waals surface area contributed by atoms with Crippen LogP contribution in [0.1, 0.15) is 20.8 Å². The molecule has 0 spiro atoms. The molecule has 0 aliphatic heterocycles. The van der Waals surface area contributed by atoms with Crippen LogP contribution in [0.2, 0.25) is 0 Å². The number of sulfonamides is 1. The van der Waals surface area contributed by atoms with E-state index in [-0.39, 0.29) is 17.1 Å². The molecule has 0 aliphatic carbocycles. The van der Waals surface area contributed by atoms with Crippen LogP contribution in [0.3, 0.4) is 0 Å². The van der Waals surface area contributed by atoms with Crippen LogP contribution in [0.25, 0.3) is 0 Å². The lowest BCUT2D eigenvalue weighted by Crippen LogP contribution is -2.26. The molecular weight excluding hydrogens is 204 g/mol. The van der Waals surface area contributed by atoms with Crippen molar-refractivity contribution in [3.05, 3.63) is 6.33 Å². The quantitative estimate of drug-likeness (QED) is 0.777. The first-order chi connectivity index (χ1) is 6.29. The first-order valence-corrected chi connectivity index (χ1v) is 5.80. The van der Waals surface area contributed by atoms with Crippen molar-refractivity contribution in [1.82, 2.24) is 15.2 Å². The van der Waals surface area contributed by atoms with Gasteiger partial charge < -0.3 is 0 Å². The van der Waals surface area contributed by atoms with Crippen LogP contribution in [-0.4, -0.2) is 29.4 Å². The molecule has 0 unspecified atom stereocenters. The Morgan fingerprint density at radius 1 is 1.50 bits per heavy atom. The van der Waals surface area contributed by atoms with Gasteiger partial charge in [0.2, 0.25) is 16.0 Å². The molecular formula is C7H14N4O2S. The Bertz CT molecular complexity index is 376. The molecule has 2 N–H and O–H groups in total. The molecule has 0 fully saturated rings. The monoisotopic (exact) mass is 218 g/mol. The molecule has 14 heavy (non-hydrogen) atoms. The Hall–Kier alpha value is -1.11. The van der Waals surface area contributed by atoms with Crippen LogP contribution in [0.5, 0.6) is 0 Å². The highest BCUT2D eigenvalue weighted by Crippen LogP contribution is 2.16. The lowest BCUT2D eigenvalue weighted by molar-refractivity contribution is 0.463. The van der Waals surface area contributed by atoms with Crippen molar-refractivity contribution >= 4 is 16.0 Å². The fourth-order valence-corrected chi connectivity index (χ4v) is 2.61. The largest absolute Gasteiger partial charge is 0.252 e. The Labute approximate surface area is 83.2 Å². The van der Waals surface area contributed by atoms with E-state index in [0.717, 1.165) is 0 Å². The number of rotatable bonds is 3. The van der Waals surface area contributed by atoms with Crippen LogP contribution in [0.4, 0.5) is 5.95 Å². The minimum Gasteiger partial charge on any atom is -0.252 e. The summed E-state index contributed by atoms with van der Waals surface area (Å²) in [6, 6.07) is 0. The lowest BCUT2D eigenvalue weighted by atomic mass is 10.0. The van der Waals surface area contributed by atoms with Crippen LogP contribution >= 0.6 is 0 Å². The average molecular weight is 218 g/mol. The number of anilines is 1. The minimum absolute atomic E-state index is 0.0424. The number of nitrogens with one attached hydrogen (secondary N) is 2. The molecule has 1 aromatic rings. The van der Waals surface area contributed by atoms with Gasteiger partial charge in [0.25, 0.3) is 0 Å². The van der Waals surface area contributed by atoms with Gasteiger partial charge in [0.05, 0.1) is 5.75 Å². The smallest absolute Gasteiger partial charge is 0.235 e. The molecule has 0 atom stereocenters. The van der Waals surface area contributed by atoms with E-state index in [1.165, 1.54) is 6.33 Å². The van der Waals surface area contributed by atoms with Crippen LogP contribution in [-0.2, 0) is 10.0 Å². The maximum absolute atomic E-state index is 11.5. The highest BCUT2D eigenvalue weighted by molar-refractivity contribution is 7.92. The first-order valence-electron chi connectivity index (χ1n) is 4.14. The Morgan fingerprint density at radius 2 is 2.14 bits per heavy atom. The molecule has 6 nitrogen and oxygen atoms in total. The number of aromatic nitrogens is 3. The van der Waals surface area contributed by atoms with Gasteiger partial charge in [-0.3, -0.25) is 4.72 Å². The van der Waals surface area contributed by atoms with Gasteiger partial charge in [0.15, 0.2) is 0 Å². The number of hydrogen-bond donors (Lipinski definition) is 2. The molecule has 1 rings (SSSR count). The fraction of sp³-hybridized carbons (Fsp3) is 0.714. The summed E-state index contributed by atoms with van der Waals surface area (Å²) in [5.41, 5.74) is -0.286. The first kappa shape index (κ1) is 11.0. The number of nitrogens with zero attached hydrogens (tertiary/aromatic N) is 2. The van der Waals surface area contributed by atoms with E-state index in [2.05, 4.69) is 19.9 Å². The van der Waals surface area contributed by atoms with Gasteiger partial charge >= 0.3 is 0 Å². The minimum atomic E-state index is -3.35. The van der Waals surface area contributed by atoms with E-state index < -0.39 is 10.0 Å². The molecule has 1 heterocycles. The van der Waals surface area contributed by atoms with E-state index >= 15 is 0 Å². The van der Waals surface area contributed by atoms with Crippen molar-refractivity contribution in [3.8, 4) is 0 Å². The van der Waals surface area contributed by atoms with Crippen LogP contribution in [0, 0.1) is 5.41 Å². The molecule has 1 aromatic heterocycles. The highest BCUT2D eigenvalue weighted by atomic mass is 32.2. The number of aromatic amines is 1. The topological polar surface area (TPSA) is 87.7 Å². The molecule has 0 saturated heterocycles. The van der Waals surface area contributed by atoms with Gasteiger partial charge in [-0.2, -0.15) is 10.1 Å². The van der Waals surface area contributed by atoms with Gasteiger partial charge in [0.1, 0.15) is 6.33 Å². The summed E-state index contributed by atoms with van der Waals surface area (Å²) in [5.74, 6) is 0.190. The summed E-state index contributed by atoms with van der Waals surface area (Å²) in [7, 11) is -3.35. The van der Waals surface area contributed by atoms with Crippen molar-refractivity contribution in [1.29, 1.82) is 0 Å². The van der Waals surface area contributed by atoms with Crippen molar-refractivity contribution in [3.63, 3.8) is 0 Å². The van der Waals surface area contributed by atoms with Crippen molar-refractivity contribution in [2.24, 2.45) is 5.41 Å². The Balaban J connectivity index is 2.69. The maximum Gasteiger partial charge on any atom is 0.235 e. The van der Waals surface area contributed by atoms with Crippen molar-refractivity contribution in [2.45, 2.75) is 20.8 Å². The summed E-state index contributed by atoms with van der Waals surface area (Å²) in [5, 5.41) is 5.97. The molecule has 0 radical (unpaired) electrons. The zero-order chi connectivity index (χ0) is 10.8. The summed E-state index contributed by atoms with van der Waals surface area (Å²) in [4.78, 5) is 3.67. The lowest BCUT2D eigenvalue weighted by Gasteiger charge is -2.17. The second kappa shape index (κ2) is 3.56. The molecule has 0 aliphatic rings. The summed E-state index contributed by atoms with van der Waals surface area (Å²) in [6.45, 7) is 5.56. The van der Waals surface area contributed by atoms with E-state index in [1.54, 1.807) is 0 Å². The molecule has 0 aromatic carbocycles. The zero-order valence-electron chi connectivity index (χ0n) is 8.40. The maximum atomic E-state index is 11.5. The third kappa shape index (κ3) is 3.73. The van der Waals surface area contributed by atoms with Gasteiger partial charge in [-0.15, -0.1) is 0 Å². The SMILES string of the molecule is CC(C)(C)CS(=O)(=O)Nc1ncn[nH]1. The van der Waals surface area contributed by atoms with Gasteiger partial charge in [-0.1, -0.05) is 20.8 Å². The molecule has 7 heteroatoms. The van der Waals surface area contributed by atoms with Crippen LogP contribution in [0.15, 0.2) is 6.33 Å². The number of hydrogen-bond acceptors (Lipinski definition) is 4. The molecule has 0 saturated carbocycles. The Kier molecular flexibility index (Phi) is 2.79. The van der Waals surface area contributed by atoms with Gasteiger partial charge in [0, 0.05) is 0 Å². The second-order valence-corrected chi connectivity index (χ2v) is 5.98. The third-order valence-corrected chi connectivity index (χ3v) is 3.04. The van der Waals surface area contributed by atoms with Crippen molar-refractivity contribution in [2.75, 3.05) is 10.5 Å². The van der Waals surface area contributed by atoms with E-state index in [1.807, 2.05) is 20.8 Å². The zero-order valence-corrected chi connectivity index (χ0v) is 9.22. The highest BCUT2D eigenvalue weighted by Gasteiger charge is 2.22. The standard InChI is InChI=1S/C7H14N4O2S/c1-7(2,3)4-14(12,13)11-6-8-5-9-10-6/h5H,4H2,1-3H3,(H2,8,9,10,11). The normalized spacial score (nSPS) is 12.8. The Morgan fingerprint density at radius 3 is 2.57 bits per heavy atom. The average Bonchev–Trinajstić information content (AvgIpc) is 2.31. The van der Waals surface area contributed by atoms with E-state index in [4.69, 9.17) is 0 Å². The predicted octanol–water partition coefficient (Wildman–Crippen LogP) is 0.592. The van der Waals surface area contributed by atoms with Gasteiger partial charge in [-0.05, 0) is 5.41 Å². The summed E-state index contributed by atoms with van der Waals surface area (Å²) < 4.78 is 25.3. The second-order valence-electron chi connectivity index (χ2n) is 4.26. The third-order valence-electron chi connectivity index (χ3n) is 1.29. The summed E-state index contributed by atoms with van der Waals surface area (Å²) in [6.07, 6.45) is 1.24. The fourth-order valence-electron chi connectivity index (χ4n) is 1.01. The molecule has 80 valence electrons. The molecule has 0 bridgehead atoms. The van der Waals surface area contributed by atoms with E-state index in [0.29, 0.717) is 0 Å². The van der Waals surface area contributed by atoms with Gasteiger partial charge in [-0.25, -0.2) is 13.5 Å². The predicted molar refractivity (Wildman–Crippen MR) is 53.2 cm³/mol. The van der Waals surface area contributed by atoms with Crippen molar-refractivity contribution < 1.29 is 8.42 Å². The number of H-pyrrole nitrogens is 1. The summed E-state index contributed by atoms with van der Waals surface area (Å²) >= 11 is 0.